The molecule has 0 saturated heterocycles. The molecule has 0 saturated carbocycles. The summed E-state index contributed by atoms with van der Waals surface area (Å²) in [7, 11) is 4.04. The number of nitrogens with one attached hydrogen (secondary N) is 1. The minimum Gasteiger partial charge on any atom is -0.355 e. The highest BCUT2D eigenvalue weighted by atomic mass is 32.1. The molecule has 0 bridgehead atoms. The number of carbonyl (C=O) groups excluding carboxylic acids is 1. The molecule has 0 atom stereocenters. The molecule has 2 rings (SSSR count). The van der Waals surface area contributed by atoms with Gasteiger partial charge in [-0.05, 0) is 31.0 Å². The van der Waals surface area contributed by atoms with Crippen LogP contribution in [0.5, 0.6) is 0 Å². The molecule has 21 heavy (non-hydrogen) atoms. The third-order valence-electron chi connectivity index (χ3n) is 2.98. The Balaban J connectivity index is 1.95. The van der Waals surface area contributed by atoms with Crippen LogP contribution in [0.2, 0.25) is 0 Å². The summed E-state index contributed by atoms with van der Waals surface area (Å²) < 4.78 is 5.22. The fraction of sp³-hybridized carbons (Fsp3) is 0.467. The molecule has 6 heteroatoms. The molecule has 2 aromatic heterocycles. The number of rotatable bonds is 6. The van der Waals surface area contributed by atoms with Crippen molar-refractivity contribution in [3.05, 3.63) is 29.3 Å². The summed E-state index contributed by atoms with van der Waals surface area (Å²) >= 11 is 1.55. The van der Waals surface area contributed by atoms with Gasteiger partial charge in [0.1, 0.15) is 0 Å². The molecular weight excluding hydrogens is 286 g/mol. The van der Waals surface area contributed by atoms with Crippen molar-refractivity contribution < 1.29 is 9.32 Å². The van der Waals surface area contributed by atoms with Crippen molar-refractivity contribution in [2.45, 2.75) is 13.8 Å². The number of hydrogen-bond donors (Lipinski definition) is 1. The van der Waals surface area contributed by atoms with E-state index in [1.807, 2.05) is 31.6 Å². The van der Waals surface area contributed by atoms with Crippen molar-refractivity contribution in [2.24, 2.45) is 5.41 Å². The second-order valence-electron chi connectivity index (χ2n) is 6.14. The van der Waals surface area contributed by atoms with Gasteiger partial charge in [0.05, 0.1) is 4.88 Å². The molecule has 0 spiro atoms. The average Bonchev–Trinajstić information content (AvgIpc) is 3.04. The van der Waals surface area contributed by atoms with Crippen LogP contribution in [0.15, 0.2) is 28.1 Å². The minimum atomic E-state index is -0.201. The zero-order chi connectivity index (χ0) is 15.5. The quantitative estimate of drug-likeness (QED) is 0.891. The van der Waals surface area contributed by atoms with Gasteiger partial charge in [-0.2, -0.15) is 0 Å². The van der Waals surface area contributed by atoms with Crippen molar-refractivity contribution in [3.63, 3.8) is 0 Å². The van der Waals surface area contributed by atoms with Crippen LogP contribution >= 0.6 is 11.3 Å². The van der Waals surface area contributed by atoms with Gasteiger partial charge < -0.3 is 14.7 Å². The van der Waals surface area contributed by atoms with Crippen LogP contribution in [-0.2, 0) is 0 Å². The fourth-order valence-corrected chi connectivity index (χ4v) is 2.91. The summed E-state index contributed by atoms with van der Waals surface area (Å²) in [6, 6.07) is 5.55. The summed E-state index contributed by atoms with van der Waals surface area (Å²) in [4.78, 5) is 15.2. The maximum atomic E-state index is 12.1. The van der Waals surface area contributed by atoms with Crippen LogP contribution in [0.1, 0.15) is 24.3 Å². The van der Waals surface area contributed by atoms with Crippen LogP contribution < -0.4 is 5.32 Å². The number of hydrogen-bond acceptors (Lipinski definition) is 5. The van der Waals surface area contributed by atoms with E-state index in [0.29, 0.717) is 18.0 Å². The molecule has 2 heterocycles. The zero-order valence-corrected chi connectivity index (χ0v) is 13.7. The Morgan fingerprint density at radius 2 is 2.24 bits per heavy atom. The Labute approximate surface area is 128 Å². The molecule has 2 aromatic rings. The topological polar surface area (TPSA) is 58.4 Å². The first-order chi connectivity index (χ1) is 9.87. The van der Waals surface area contributed by atoms with E-state index < -0.39 is 0 Å². The van der Waals surface area contributed by atoms with E-state index in [1.165, 1.54) is 0 Å². The number of nitrogens with zero attached hydrogens (tertiary/aromatic N) is 2. The first kappa shape index (κ1) is 15.7. The smallest absolute Gasteiger partial charge is 0.273 e. The second kappa shape index (κ2) is 6.41. The van der Waals surface area contributed by atoms with E-state index in [2.05, 4.69) is 29.2 Å². The monoisotopic (exact) mass is 307 g/mol. The van der Waals surface area contributed by atoms with Gasteiger partial charge in [-0.25, -0.2) is 0 Å². The summed E-state index contributed by atoms with van der Waals surface area (Å²) in [5, 5.41) is 8.72. The Bertz CT molecular complexity index is 588. The van der Waals surface area contributed by atoms with E-state index in [0.717, 1.165) is 11.4 Å². The van der Waals surface area contributed by atoms with Crippen LogP contribution in [0, 0.1) is 5.41 Å². The van der Waals surface area contributed by atoms with Crippen LogP contribution in [0.3, 0.4) is 0 Å². The Hall–Kier alpha value is -1.66. The van der Waals surface area contributed by atoms with Crippen molar-refractivity contribution in [2.75, 3.05) is 27.2 Å². The first-order valence-electron chi connectivity index (χ1n) is 6.81. The summed E-state index contributed by atoms with van der Waals surface area (Å²) in [5.41, 5.74) is 0.318. The largest absolute Gasteiger partial charge is 0.355 e. The lowest BCUT2D eigenvalue weighted by Gasteiger charge is -2.28. The van der Waals surface area contributed by atoms with Gasteiger partial charge in [0.25, 0.3) is 5.91 Å². The summed E-state index contributed by atoms with van der Waals surface area (Å²) in [5.74, 6) is 0.427. The fourth-order valence-electron chi connectivity index (χ4n) is 2.24. The molecule has 0 aliphatic carbocycles. The van der Waals surface area contributed by atoms with Crippen molar-refractivity contribution in [1.29, 1.82) is 0 Å². The molecule has 0 radical (unpaired) electrons. The molecule has 0 aliphatic heterocycles. The highest BCUT2D eigenvalue weighted by Gasteiger charge is 2.21. The standard InChI is InChI=1S/C15H21N3O2S/c1-15(2,10-18(3)4)9-16-14(19)11-8-12(20-17-11)13-6-5-7-21-13/h5-8H,9-10H2,1-4H3,(H,16,19). The Morgan fingerprint density at radius 3 is 2.86 bits per heavy atom. The average molecular weight is 307 g/mol. The number of thiophene rings is 1. The van der Waals surface area contributed by atoms with Crippen LogP contribution in [-0.4, -0.2) is 43.1 Å². The zero-order valence-electron chi connectivity index (χ0n) is 12.8. The lowest BCUT2D eigenvalue weighted by Crippen LogP contribution is -2.40. The maximum absolute atomic E-state index is 12.1. The van der Waals surface area contributed by atoms with E-state index in [1.54, 1.807) is 17.4 Å². The van der Waals surface area contributed by atoms with Crippen molar-refractivity contribution >= 4 is 17.2 Å². The number of carbonyl (C=O) groups is 1. The molecule has 0 unspecified atom stereocenters. The van der Waals surface area contributed by atoms with E-state index >= 15 is 0 Å². The lowest BCUT2D eigenvalue weighted by atomic mass is 9.93. The summed E-state index contributed by atoms with van der Waals surface area (Å²) in [6.07, 6.45) is 0. The van der Waals surface area contributed by atoms with Gasteiger partial charge in [0, 0.05) is 19.2 Å². The number of amides is 1. The van der Waals surface area contributed by atoms with Gasteiger partial charge in [0.2, 0.25) is 0 Å². The van der Waals surface area contributed by atoms with Gasteiger partial charge in [-0.3, -0.25) is 4.79 Å². The summed E-state index contributed by atoms with van der Waals surface area (Å²) in [6.45, 7) is 5.72. The minimum absolute atomic E-state index is 0.000518. The van der Waals surface area contributed by atoms with Crippen molar-refractivity contribution in [1.82, 2.24) is 15.4 Å². The normalized spacial score (nSPS) is 11.9. The van der Waals surface area contributed by atoms with Gasteiger partial charge in [-0.15, -0.1) is 11.3 Å². The lowest BCUT2D eigenvalue weighted by molar-refractivity contribution is 0.0920. The molecule has 114 valence electrons. The van der Waals surface area contributed by atoms with E-state index in [4.69, 9.17) is 4.52 Å². The molecular formula is C15H21N3O2S. The second-order valence-corrected chi connectivity index (χ2v) is 7.09. The highest BCUT2D eigenvalue weighted by molar-refractivity contribution is 7.13. The van der Waals surface area contributed by atoms with Gasteiger partial charge in [0.15, 0.2) is 11.5 Å². The Morgan fingerprint density at radius 1 is 1.48 bits per heavy atom. The predicted octanol–water partition coefficient (Wildman–Crippen LogP) is 2.72. The van der Waals surface area contributed by atoms with E-state index in [-0.39, 0.29) is 11.3 Å². The van der Waals surface area contributed by atoms with Crippen molar-refractivity contribution in [3.8, 4) is 10.6 Å². The van der Waals surface area contributed by atoms with Gasteiger partial charge in [-0.1, -0.05) is 25.1 Å². The SMILES string of the molecule is CN(C)CC(C)(C)CNC(=O)c1cc(-c2cccs2)on1. The predicted molar refractivity (Wildman–Crippen MR) is 84.5 cm³/mol. The third kappa shape index (κ3) is 4.41. The third-order valence-corrected chi connectivity index (χ3v) is 3.86. The number of aromatic nitrogens is 1. The van der Waals surface area contributed by atoms with Gasteiger partial charge >= 0.3 is 0 Å². The first-order valence-corrected chi connectivity index (χ1v) is 7.69. The molecule has 1 N–H and O–H groups in total. The molecule has 5 nitrogen and oxygen atoms in total. The van der Waals surface area contributed by atoms with E-state index in [9.17, 15) is 4.79 Å². The molecule has 1 amide bonds. The maximum Gasteiger partial charge on any atom is 0.273 e. The molecule has 0 aliphatic rings. The van der Waals surface area contributed by atoms with Crippen LogP contribution in [0.4, 0.5) is 0 Å². The van der Waals surface area contributed by atoms with Crippen LogP contribution in [0.25, 0.3) is 10.6 Å². The molecule has 0 aromatic carbocycles. The molecule has 0 fully saturated rings. The Kier molecular flexibility index (Phi) is 4.80. The highest BCUT2D eigenvalue weighted by Crippen LogP contribution is 2.25.